The first-order valence-electron chi connectivity index (χ1n) is 7.80. The maximum atomic E-state index is 13.4. The smallest absolute Gasteiger partial charge is 0.417 e. The number of alkyl halides is 6. The van der Waals surface area contributed by atoms with E-state index < -0.39 is 36.9 Å². The summed E-state index contributed by atoms with van der Waals surface area (Å²) in [6.07, 6.45) is -13.0. The van der Waals surface area contributed by atoms with E-state index in [2.05, 4.69) is 4.98 Å². The van der Waals surface area contributed by atoms with Gasteiger partial charge in [0.05, 0.1) is 23.3 Å². The fraction of sp³-hybridized carbons (Fsp3) is 0.471. The molecule has 1 N–H and O–H groups in total. The van der Waals surface area contributed by atoms with Gasteiger partial charge in [-0.2, -0.15) is 26.3 Å². The van der Waals surface area contributed by atoms with Gasteiger partial charge in [0, 0.05) is 17.9 Å². The molecule has 1 unspecified atom stereocenters. The number of halogens is 6. The molecular formula is C17H17F6NO2. The number of nitrogens with zero attached hydrogens (tertiary/aromatic N) is 1. The number of ether oxygens (including phenoxy) is 1. The topological polar surface area (TPSA) is 42.4 Å². The van der Waals surface area contributed by atoms with Gasteiger partial charge in [-0.05, 0) is 38.0 Å². The molecule has 0 aliphatic rings. The largest absolute Gasteiger partial charge is 0.475 e. The predicted octanol–water partition coefficient (Wildman–Crippen LogP) is 5.42. The quantitative estimate of drug-likeness (QED) is 0.704. The number of fused-ring (bicyclic) bond motifs is 1. The third-order valence-corrected chi connectivity index (χ3v) is 3.56. The van der Waals surface area contributed by atoms with Gasteiger partial charge in [-0.1, -0.05) is 6.07 Å². The summed E-state index contributed by atoms with van der Waals surface area (Å²) in [7, 11) is 0. The third kappa shape index (κ3) is 5.23. The molecule has 2 rings (SSSR count). The molecule has 1 atom stereocenters. The first kappa shape index (κ1) is 20.3. The van der Waals surface area contributed by atoms with Crippen LogP contribution < -0.4 is 4.74 Å². The standard InChI is InChI=1S/C17H17F6NO2/c1-9(2)26-15-8-12(17(21,22)23)11-7-10(3-4-13(11)24-15)14(25)5-6-16(18,19)20/h3-4,7-9,14,25H,5-6H2,1-2H3. The summed E-state index contributed by atoms with van der Waals surface area (Å²) in [5.74, 6) is -0.204. The molecule has 1 heterocycles. The minimum atomic E-state index is -4.72. The summed E-state index contributed by atoms with van der Waals surface area (Å²) in [6, 6.07) is 4.25. The molecule has 2 aromatic rings. The summed E-state index contributed by atoms with van der Waals surface area (Å²) < 4.78 is 82.2. The Morgan fingerprint density at radius 3 is 2.27 bits per heavy atom. The van der Waals surface area contributed by atoms with Crippen molar-refractivity contribution in [2.75, 3.05) is 0 Å². The Bertz CT molecular complexity index is 770. The van der Waals surface area contributed by atoms with Crippen molar-refractivity contribution in [3.63, 3.8) is 0 Å². The Morgan fingerprint density at radius 2 is 1.73 bits per heavy atom. The highest BCUT2D eigenvalue weighted by atomic mass is 19.4. The molecule has 0 bridgehead atoms. The molecule has 0 saturated heterocycles. The maximum Gasteiger partial charge on any atom is 0.417 e. The normalized spacial score (nSPS) is 14.1. The second kappa shape index (κ2) is 7.30. The van der Waals surface area contributed by atoms with Crippen molar-refractivity contribution in [3.05, 3.63) is 35.4 Å². The fourth-order valence-corrected chi connectivity index (χ4v) is 2.43. The Hall–Kier alpha value is -2.03. The van der Waals surface area contributed by atoms with Crippen molar-refractivity contribution in [1.82, 2.24) is 4.98 Å². The maximum absolute atomic E-state index is 13.4. The van der Waals surface area contributed by atoms with Crippen LogP contribution in [0.25, 0.3) is 10.9 Å². The van der Waals surface area contributed by atoms with Gasteiger partial charge < -0.3 is 9.84 Å². The van der Waals surface area contributed by atoms with Crippen molar-refractivity contribution in [2.24, 2.45) is 0 Å². The van der Waals surface area contributed by atoms with E-state index >= 15 is 0 Å². The molecule has 3 nitrogen and oxygen atoms in total. The number of pyridine rings is 1. The van der Waals surface area contributed by atoms with E-state index in [9.17, 15) is 31.4 Å². The van der Waals surface area contributed by atoms with E-state index in [0.29, 0.717) is 0 Å². The van der Waals surface area contributed by atoms with Crippen LogP contribution in [0.4, 0.5) is 26.3 Å². The lowest BCUT2D eigenvalue weighted by Crippen LogP contribution is -2.12. The molecule has 0 aliphatic carbocycles. The zero-order chi connectivity index (χ0) is 19.7. The van der Waals surface area contributed by atoms with Gasteiger partial charge in [0.25, 0.3) is 0 Å². The molecule has 0 spiro atoms. The van der Waals surface area contributed by atoms with Gasteiger partial charge in [-0.15, -0.1) is 0 Å². The van der Waals surface area contributed by atoms with E-state index in [1.165, 1.54) is 12.1 Å². The van der Waals surface area contributed by atoms with Crippen LogP contribution in [0, 0.1) is 0 Å². The summed E-state index contributed by atoms with van der Waals surface area (Å²) in [4.78, 5) is 3.99. The van der Waals surface area contributed by atoms with E-state index in [1.807, 2.05) is 0 Å². The second-order valence-corrected chi connectivity index (χ2v) is 6.12. The molecule has 1 aromatic carbocycles. The van der Waals surface area contributed by atoms with Gasteiger partial charge in [0.1, 0.15) is 0 Å². The molecule has 0 fully saturated rings. The molecule has 0 saturated carbocycles. The monoisotopic (exact) mass is 381 g/mol. The summed E-state index contributed by atoms with van der Waals surface area (Å²) >= 11 is 0. The van der Waals surface area contributed by atoms with Crippen molar-refractivity contribution in [1.29, 1.82) is 0 Å². The van der Waals surface area contributed by atoms with Crippen LogP contribution in [0.2, 0.25) is 0 Å². The van der Waals surface area contributed by atoms with Gasteiger partial charge in [-0.3, -0.25) is 0 Å². The average molecular weight is 381 g/mol. The number of aliphatic hydroxyl groups excluding tert-OH is 1. The Balaban J connectivity index is 2.46. The van der Waals surface area contributed by atoms with E-state index in [1.54, 1.807) is 13.8 Å². The summed E-state index contributed by atoms with van der Waals surface area (Å²) in [5.41, 5.74) is -1.09. The molecule has 9 heteroatoms. The van der Waals surface area contributed by atoms with E-state index in [-0.39, 0.29) is 28.5 Å². The van der Waals surface area contributed by atoms with Gasteiger partial charge >= 0.3 is 12.4 Å². The van der Waals surface area contributed by atoms with Crippen molar-refractivity contribution >= 4 is 10.9 Å². The average Bonchev–Trinajstić information content (AvgIpc) is 2.49. The van der Waals surface area contributed by atoms with Gasteiger partial charge in [0.2, 0.25) is 5.88 Å². The van der Waals surface area contributed by atoms with Gasteiger partial charge in [-0.25, -0.2) is 4.98 Å². The predicted molar refractivity (Wildman–Crippen MR) is 82.8 cm³/mol. The van der Waals surface area contributed by atoms with Crippen LogP contribution in [-0.2, 0) is 6.18 Å². The SMILES string of the molecule is CC(C)Oc1cc(C(F)(F)F)c2cc(C(O)CCC(F)(F)F)ccc2n1. The van der Waals surface area contributed by atoms with Gasteiger partial charge in [0.15, 0.2) is 0 Å². The minimum absolute atomic E-state index is 0.0257. The lowest BCUT2D eigenvalue weighted by Gasteiger charge is -2.17. The minimum Gasteiger partial charge on any atom is -0.475 e. The van der Waals surface area contributed by atoms with Crippen molar-refractivity contribution in [2.45, 2.75) is 51.2 Å². The number of hydrogen-bond acceptors (Lipinski definition) is 3. The van der Waals surface area contributed by atoms with Crippen LogP contribution in [0.15, 0.2) is 24.3 Å². The lowest BCUT2D eigenvalue weighted by atomic mass is 10.00. The van der Waals surface area contributed by atoms with Crippen LogP contribution in [0.1, 0.15) is 43.9 Å². The second-order valence-electron chi connectivity index (χ2n) is 6.12. The Morgan fingerprint density at radius 1 is 1.08 bits per heavy atom. The number of rotatable bonds is 5. The molecule has 0 amide bonds. The Kier molecular flexibility index (Phi) is 5.70. The third-order valence-electron chi connectivity index (χ3n) is 3.56. The first-order valence-corrected chi connectivity index (χ1v) is 7.80. The van der Waals surface area contributed by atoms with Crippen LogP contribution in [0.5, 0.6) is 5.88 Å². The number of aliphatic hydroxyl groups is 1. The number of aromatic nitrogens is 1. The Labute approximate surface area is 145 Å². The first-order chi connectivity index (χ1) is 11.9. The molecule has 26 heavy (non-hydrogen) atoms. The summed E-state index contributed by atoms with van der Waals surface area (Å²) in [5, 5.41) is 9.58. The molecular weight excluding hydrogens is 364 g/mol. The van der Waals surface area contributed by atoms with Crippen LogP contribution in [-0.4, -0.2) is 22.4 Å². The zero-order valence-corrected chi connectivity index (χ0v) is 13.9. The molecule has 0 radical (unpaired) electrons. The highest BCUT2D eigenvalue weighted by molar-refractivity contribution is 5.84. The van der Waals surface area contributed by atoms with E-state index in [0.717, 1.165) is 12.1 Å². The van der Waals surface area contributed by atoms with Crippen molar-refractivity contribution in [3.8, 4) is 5.88 Å². The van der Waals surface area contributed by atoms with E-state index in [4.69, 9.17) is 4.74 Å². The number of hydrogen-bond donors (Lipinski definition) is 1. The highest BCUT2D eigenvalue weighted by Gasteiger charge is 2.34. The fourth-order valence-electron chi connectivity index (χ4n) is 2.43. The molecule has 1 aromatic heterocycles. The molecule has 0 aliphatic heterocycles. The highest BCUT2D eigenvalue weighted by Crippen LogP contribution is 2.38. The van der Waals surface area contributed by atoms with Crippen molar-refractivity contribution < 1.29 is 36.2 Å². The van der Waals surface area contributed by atoms with Crippen LogP contribution in [0.3, 0.4) is 0 Å². The van der Waals surface area contributed by atoms with Crippen LogP contribution >= 0.6 is 0 Å². The lowest BCUT2D eigenvalue weighted by molar-refractivity contribution is -0.140. The molecule has 144 valence electrons. The summed E-state index contributed by atoms with van der Waals surface area (Å²) in [6.45, 7) is 3.28. The number of benzene rings is 1. The zero-order valence-electron chi connectivity index (χ0n) is 13.9.